The molecule has 454 valence electrons. The summed E-state index contributed by atoms with van der Waals surface area (Å²) in [5, 5.41) is 7.64. The van der Waals surface area contributed by atoms with E-state index in [-0.39, 0.29) is 29.6 Å². The third kappa shape index (κ3) is 17.9. The third-order valence-corrected chi connectivity index (χ3v) is 34.6. The van der Waals surface area contributed by atoms with Gasteiger partial charge in [-0.25, -0.2) is 0 Å². The predicted octanol–water partition coefficient (Wildman–Crippen LogP) is 19.8. The van der Waals surface area contributed by atoms with Crippen molar-refractivity contribution in [3.05, 3.63) is 145 Å². The van der Waals surface area contributed by atoms with Gasteiger partial charge in [0, 0.05) is 28.4 Å². The Labute approximate surface area is 516 Å². The normalized spacial score (nSPS) is 23.8. The average molecular weight is 1250 g/mol. The van der Waals surface area contributed by atoms with Crippen LogP contribution in [0.5, 0.6) is 0 Å². The van der Waals surface area contributed by atoms with E-state index < -0.39 is 39.2 Å². The van der Waals surface area contributed by atoms with Crippen LogP contribution in [0.25, 0.3) is 0 Å². The molecule has 2 aromatic heterocycles. The van der Waals surface area contributed by atoms with Gasteiger partial charge in [-0.05, 0) is 173 Å². The number of rotatable bonds is 16. The zero-order valence-corrected chi connectivity index (χ0v) is 59.8. The Hall–Kier alpha value is -2.97. The maximum absolute atomic E-state index is 14.3. The maximum atomic E-state index is 14.3. The summed E-state index contributed by atoms with van der Waals surface area (Å²) in [7, 11) is -6.09. The molecular formula is C73H105O5P6+3. The summed E-state index contributed by atoms with van der Waals surface area (Å²) in [5.74, 6) is 6.56. The van der Waals surface area contributed by atoms with Gasteiger partial charge in [-0.3, -0.25) is 0 Å². The first-order valence-electron chi connectivity index (χ1n) is 31.9. The molecule has 0 N–H and O–H groups in total. The Morgan fingerprint density at radius 1 is 0.452 bits per heavy atom. The second kappa shape index (κ2) is 31.0. The number of hydrogen-bond donors (Lipinski definition) is 0. The molecule has 3 aliphatic rings. The van der Waals surface area contributed by atoms with Crippen molar-refractivity contribution in [2.24, 2.45) is 53.3 Å². The van der Waals surface area contributed by atoms with Crippen molar-refractivity contribution >= 4 is 90.0 Å². The van der Waals surface area contributed by atoms with Gasteiger partial charge in [0.15, 0.2) is 33.5 Å². The molecule has 2 heterocycles. The quantitative estimate of drug-likeness (QED) is 0.0903. The van der Waals surface area contributed by atoms with Gasteiger partial charge in [0.2, 0.25) is 0 Å². The molecule has 5 nitrogen and oxygen atoms in total. The summed E-state index contributed by atoms with van der Waals surface area (Å²) in [4.78, 5) is 0. The molecule has 0 amide bonds. The van der Waals surface area contributed by atoms with E-state index in [2.05, 4.69) is 203 Å². The molecule has 84 heavy (non-hydrogen) atoms. The topological polar surface area (TPSA) is 77.5 Å². The Balaban J connectivity index is 0.000000185. The van der Waals surface area contributed by atoms with E-state index in [1.54, 1.807) is 12.5 Å². The van der Waals surface area contributed by atoms with Crippen molar-refractivity contribution in [1.82, 2.24) is 0 Å². The van der Waals surface area contributed by atoms with Crippen LogP contribution in [-0.4, -0.2) is 33.2 Å². The monoisotopic (exact) mass is 1250 g/mol. The van der Waals surface area contributed by atoms with Crippen LogP contribution in [0.15, 0.2) is 143 Å². The minimum absolute atomic E-state index is 0.236. The average Bonchev–Trinajstić information content (AvgIpc) is 3.47. The summed E-state index contributed by atoms with van der Waals surface area (Å²) in [6, 6.07) is 42.5. The van der Waals surface area contributed by atoms with Crippen LogP contribution in [-0.2, 0) is 13.7 Å². The number of benzene rings is 4. The van der Waals surface area contributed by atoms with E-state index in [9.17, 15) is 13.7 Å². The van der Waals surface area contributed by atoms with E-state index in [0.29, 0.717) is 53.0 Å². The summed E-state index contributed by atoms with van der Waals surface area (Å²) < 4.78 is 53.3. The van der Waals surface area contributed by atoms with E-state index in [0.717, 1.165) is 51.6 Å². The first-order valence-corrected chi connectivity index (χ1v) is 40.3. The van der Waals surface area contributed by atoms with Gasteiger partial charge in [-0.1, -0.05) is 221 Å². The van der Waals surface area contributed by atoms with E-state index in [1.165, 1.54) is 72.0 Å². The molecule has 12 atom stereocenters. The maximum Gasteiger partial charge on any atom is 0.381 e. The standard InChI is InChI=1S/C30H37OP2.C24H29O3P2.C19H39OP2/c1-21(2)27-19-14-24(5)20-30(27)33(31)29-9-7-6-8-28(29)32(25-15-10-22(3)11-16-25)26-17-12-23(4)13-18-26;1-17(2)19-13-12-18(3)16-22(19)29(25)21-9-5-4-8-20(21)28(23-10-6-14-26-23)24-11-7-15-27-24;1-14(2)16-11-10-15(3)12-17(16)21(20)13-22(18(4,5)6)19(7,8)9/h6-13,15-18,21,24,27,30H,14,19-20H2,1-5H3;4-11,14-15,17-19,22H,12-13,16H2,1-3H3;14-17H,10-13H2,1-9H3/q3*+1/t24-,27+,30-;18-,19+,22-;15-,16+,17-/m111/s1. The lowest BCUT2D eigenvalue weighted by Gasteiger charge is -2.39. The lowest BCUT2D eigenvalue weighted by atomic mass is 9.77. The molecule has 3 fully saturated rings. The first-order chi connectivity index (χ1) is 39.7. The Morgan fingerprint density at radius 2 is 0.798 bits per heavy atom. The fourth-order valence-electron chi connectivity index (χ4n) is 14.0. The van der Waals surface area contributed by atoms with Gasteiger partial charge < -0.3 is 8.83 Å². The van der Waals surface area contributed by atoms with Crippen molar-refractivity contribution in [3.8, 4) is 0 Å². The highest BCUT2D eigenvalue weighted by atomic mass is 31.2. The highest BCUT2D eigenvalue weighted by Crippen LogP contribution is 2.65. The summed E-state index contributed by atoms with van der Waals surface area (Å²) in [6.07, 6.45) is 14.2. The van der Waals surface area contributed by atoms with Crippen LogP contribution < -0.4 is 42.8 Å². The number of furan rings is 2. The molecule has 4 aromatic carbocycles. The molecule has 0 spiro atoms. The Kier molecular flexibility index (Phi) is 25.3. The van der Waals surface area contributed by atoms with Crippen LogP contribution in [0.3, 0.4) is 0 Å². The fraction of sp³-hybridized carbons (Fsp3) is 0.562. The van der Waals surface area contributed by atoms with Gasteiger partial charge in [0.05, 0.1) is 20.4 Å². The number of hydrogen-bond acceptors (Lipinski definition) is 5. The van der Waals surface area contributed by atoms with Crippen LogP contribution in [0.1, 0.15) is 173 Å². The van der Waals surface area contributed by atoms with Gasteiger partial charge in [-0.15, -0.1) is 0 Å². The first kappa shape index (κ1) is 68.5. The molecular weight excluding hydrogens is 1140 g/mol. The van der Waals surface area contributed by atoms with Gasteiger partial charge in [0.25, 0.3) is 0 Å². The van der Waals surface area contributed by atoms with Crippen LogP contribution in [0.4, 0.5) is 0 Å². The highest BCUT2D eigenvalue weighted by Gasteiger charge is 2.50. The minimum Gasteiger partial charge on any atom is -0.464 e. The van der Waals surface area contributed by atoms with Gasteiger partial charge >= 0.3 is 23.4 Å². The molecule has 0 aliphatic heterocycles. The summed E-state index contributed by atoms with van der Waals surface area (Å²) in [5.41, 5.74) is 5.28. The summed E-state index contributed by atoms with van der Waals surface area (Å²) >= 11 is 0. The third-order valence-electron chi connectivity index (χ3n) is 18.6. The van der Waals surface area contributed by atoms with Crippen molar-refractivity contribution in [1.29, 1.82) is 0 Å². The molecule has 0 saturated heterocycles. The Morgan fingerprint density at radius 3 is 1.14 bits per heavy atom. The molecule has 3 aliphatic carbocycles. The largest absolute Gasteiger partial charge is 0.464 e. The lowest BCUT2D eigenvalue weighted by molar-refractivity contribution is 0.238. The minimum atomic E-state index is -1.51. The molecule has 3 saturated carbocycles. The van der Waals surface area contributed by atoms with Crippen molar-refractivity contribution in [2.45, 2.75) is 203 Å². The van der Waals surface area contributed by atoms with Crippen LogP contribution in [0.2, 0.25) is 0 Å². The predicted molar refractivity (Wildman–Crippen MR) is 373 cm³/mol. The molecule has 0 radical (unpaired) electrons. The fourth-order valence-corrected chi connectivity index (χ4v) is 32.9. The molecule has 3 unspecified atom stereocenters. The van der Waals surface area contributed by atoms with Gasteiger partial charge in [0.1, 0.15) is 11.0 Å². The zero-order valence-electron chi connectivity index (χ0n) is 54.4. The van der Waals surface area contributed by atoms with Crippen molar-refractivity contribution in [2.75, 3.05) is 5.90 Å². The Bertz CT molecular complexity index is 2910. The molecule has 9 rings (SSSR count). The molecule has 0 bridgehead atoms. The lowest BCUT2D eigenvalue weighted by Crippen LogP contribution is -2.35. The molecule has 6 aromatic rings. The number of aryl methyl sites for hydroxylation is 2. The van der Waals surface area contributed by atoms with E-state index >= 15 is 0 Å². The van der Waals surface area contributed by atoms with Crippen molar-refractivity contribution < 1.29 is 22.5 Å². The summed E-state index contributed by atoms with van der Waals surface area (Å²) in [6.45, 7) is 39.2. The smallest absolute Gasteiger partial charge is 0.381 e. The van der Waals surface area contributed by atoms with Crippen LogP contribution >= 0.6 is 47.2 Å². The van der Waals surface area contributed by atoms with Crippen molar-refractivity contribution in [3.63, 3.8) is 0 Å². The second-order valence-electron chi connectivity index (χ2n) is 28.4. The highest BCUT2D eigenvalue weighted by molar-refractivity contribution is 7.81. The van der Waals surface area contributed by atoms with Crippen LogP contribution in [0, 0.1) is 67.1 Å². The zero-order chi connectivity index (χ0) is 61.2. The van der Waals surface area contributed by atoms with E-state index in [4.69, 9.17) is 8.83 Å². The SMILES string of the molecule is CC(C)[C@@H]1CC[C@@H](C)C[C@H]1[P+](=O)CP(C(C)(C)C)C(C)(C)C.CC(C)[C@@H]1CC[C@@H](C)C[C@H]1[P+](=O)c1ccccc1P(c1ccco1)c1ccco1.Cc1ccc(P(c2ccc(C)cc2)c2ccccc2[P+](=O)[C@@H]2C[C@H](C)CC[C@H]2C(C)C)cc1. The van der Waals surface area contributed by atoms with E-state index in [1.807, 2.05) is 36.4 Å². The molecule has 11 heteroatoms. The second-order valence-corrected chi connectivity index (χ2v) is 42.4. The van der Waals surface area contributed by atoms with Gasteiger partial charge in [-0.2, -0.15) is 0 Å².